The minimum absolute atomic E-state index is 0.0485. The van der Waals surface area contributed by atoms with Gasteiger partial charge in [0, 0.05) is 20.1 Å². The molecule has 1 aliphatic rings. The number of nitrogens with one attached hydrogen (secondary N) is 1. The van der Waals surface area contributed by atoms with Gasteiger partial charge < -0.3 is 16.0 Å². The summed E-state index contributed by atoms with van der Waals surface area (Å²) in [6.45, 7) is 3.80. The number of hydrogen-bond acceptors (Lipinski definition) is 4. The van der Waals surface area contributed by atoms with E-state index in [-0.39, 0.29) is 5.91 Å². The minimum atomic E-state index is -0.0485. The molecule has 0 atom stereocenters. The van der Waals surface area contributed by atoms with Crippen LogP contribution in [-0.2, 0) is 0 Å². The van der Waals surface area contributed by atoms with Crippen LogP contribution in [0.15, 0.2) is 6.07 Å². The van der Waals surface area contributed by atoms with E-state index in [0.29, 0.717) is 17.1 Å². The molecule has 0 spiro atoms. The Kier molecular flexibility index (Phi) is 4.69. The molecule has 5 heteroatoms. The number of nitrogen functional groups attached to an aromatic ring is 1. The Bertz CT molecular complexity index is 440. The van der Waals surface area contributed by atoms with Gasteiger partial charge in [0.05, 0.1) is 10.7 Å². The lowest BCUT2D eigenvalue weighted by molar-refractivity contribution is 0.0958. The maximum Gasteiger partial charge on any atom is 0.263 e. The van der Waals surface area contributed by atoms with Crippen LogP contribution in [-0.4, -0.2) is 26.0 Å². The van der Waals surface area contributed by atoms with Crippen LogP contribution in [0, 0.1) is 5.92 Å². The maximum atomic E-state index is 12.0. The third-order valence-corrected chi connectivity index (χ3v) is 4.89. The number of nitrogens with zero attached hydrogens (tertiary/aromatic N) is 1. The Morgan fingerprint density at radius 3 is 2.89 bits per heavy atom. The first kappa shape index (κ1) is 14.2. The van der Waals surface area contributed by atoms with Crippen LogP contribution in [0.3, 0.4) is 0 Å². The van der Waals surface area contributed by atoms with E-state index in [0.717, 1.165) is 23.9 Å². The second-order valence-electron chi connectivity index (χ2n) is 5.30. The average Bonchev–Trinajstić information content (AvgIpc) is 2.73. The van der Waals surface area contributed by atoms with Crippen molar-refractivity contribution in [2.45, 2.75) is 32.6 Å². The van der Waals surface area contributed by atoms with Crippen molar-refractivity contribution >= 4 is 27.9 Å². The molecule has 1 aliphatic carbocycles. The molecule has 19 heavy (non-hydrogen) atoms. The molecule has 0 saturated heterocycles. The number of amides is 1. The highest BCUT2D eigenvalue weighted by Crippen LogP contribution is 2.34. The fourth-order valence-corrected chi connectivity index (χ4v) is 3.20. The lowest BCUT2D eigenvalue weighted by Gasteiger charge is -2.30. The van der Waals surface area contributed by atoms with Gasteiger partial charge in [-0.25, -0.2) is 0 Å². The topological polar surface area (TPSA) is 58.4 Å². The van der Waals surface area contributed by atoms with Gasteiger partial charge in [-0.2, -0.15) is 0 Å². The van der Waals surface area contributed by atoms with Crippen LogP contribution < -0.4 is 16.0 Å². The first-order valence-electron chi connectivity index (χ1n) is 7.00. The molecule has 0 unspecified atom stereocenters. The first-order valence-corrected chi connectivity index (χ1v) is 7.82. The van der Waals surface area contributed by atoms with Gasteiger partial charge in [-0.3, -0.25) is 4.79 Å². The summed E-state index contributed by atoms with van der Waals surface area (Å²) in [7, 11) is 2.08. The molecule has 4 nitrogen and oxygen atoms in total. The summed E-state index contributed by atoms with van der Waals surface area (Å²) in [6.07, 6.45) is 4.95. The Balaban J connectivity index is 2.00. The van der Waals surface area contributed by atoms with E-state index in [1.54, 1.807) is 0 Å². The van der Waals surface area contributed by atoms with E-state index in [9.17, 15) is 4.79 Å². The molecule has 0 radical (unpaired) electrons. The fourth-order valence-electron chi connectivity index (χ4n) is 2.23. The van der Waals surface area contributed by atoms with Crippen LogP contribution in [0.25, 0.3) is 0 Å². The Hall–Kier alpha value is -1.23. The highest BCUT2D eigenvalue weighted by molar-refractivity contribution is 7.18. The van der Waals surface area contributed by atoms with E-state index in [1.165, 1.54) is 30.6 Å². The van der Waals surface area contributed by atoms with Crippen molar-refractivity contribution in [1.29, 1.82) is 0 Å². The van der Waals surface area contributed by atoms with Gasteiger partial charge in [0.25, 0.3) is 5.91 Å². The Morgan fingerprint density at radius 2 is 2.32 bits per heavy atom. The summed E-state index contributed by atoms with van der Waals surface area (Å²) in [5, 5.41) is 3.97. The van der Waals surface area contributed by atoms with Gasteiger partial charge in [0.1, 0.15) is 4.88 Å². The van der Waals surface area contributed by atoms with E-state index < -0.39 is 0 Å². The zero-order valence-corrected chi connectivity index (χ0v) is 12.6. The van der Waals surface area contributed by atoms with Crippen LogP contribution >= 0.6 is 11.3 Å². The van der Waals surface area contributed by atoms with Gasteiger partial charge in [0.15, 0.2) is 0 Å². The monoisotopic (exact) mass is 281 g/mol. The average molecular weight is 281 g/mol. The predicted octanol–water partition coefficient (Wildman–Crippen LogP) is 2.71. The summed E-state index contributed by atoms with van der Waals surface area (Å²) in [4.78, 5) is 14.8. The smallest absolute Gasteiger partial charge is 0.263 e. The van der Waals surface area contributed by atoms with Crippen LogP contribution in [0.2, 0.25) is 0 Å². The van der Waals surface area contributed by atoms with Gasteiger partial charge in [-0.05, 0) is 31.2 Å². The predicted molar refractivity (Wildman–Crippen MR) is 82.0 cm³/mol. The number of thiophene rings is 1. The third kappa shape index (κ3) is 3.41. The van der Waals surface area contributed by atoms with Crippen molar-refractivity contribution in [1.82, 2.24) is 5.32 Å². The largest absolute Gasteiger partial charge is 0.397 e. The maximum absolute atomic E-state index is 12.0. The number of anilines is 2. The summed E-state index contributed by atoms with van der Waals surface area (Å²) in [6, 6.07) is 1.92. The summed E-state index contributed by atoms with van der Waals surface area (Å²) in [5.41, 5.74) is 6.54. The van der Waals surface area contributed by atoms with E-state index in [2.05, 4.69) is 17.3 Å². The van der Waals surface area contributed by atoms with Crippen molar-refractivity contribution in [3.05, 3.63) is 10.9 Å². The highest BCUT2D eigenvalue weighted by atomic mass is 32.1. The zero-order valence-electron chi connectivity index (χ0n) is 11.7. The lowest BCUT2D eigenvalue weighted by atomic mass is 9.85. The van der Waals surface area contributed by atoms with Crippen LogP contribution in [0.5, 0.6) is 0 Å². The molecule has 1 aromatic rings. The second-order valence-corrected chi connectivity index (χ2v) is 6.33. The molecule has 2 rings (SSSR count). The minimum Gasteiger partial charge on any atom is -0.397 e. The van der Waals surface area contributed by atoms with Crippen molar-refractivity contribution in [3.8, 4) is 0 Å². The van der Waals surface area contributed by atoms with E-state index in [4.69, 9.17) is 5.73 Å². The molecule has 1 amide bonds. The Morgan fingerprint density at radius 1 is 1.58 bits per heavy atom. The standard InChI is InChI=1S/C14H23N3OS/c1-3-7-16-14(18)13-11(15)8-12(19-13)17(2)9-10-5-4-6-10/h8,10H,3-7,9,15H2,1-2H3,(H,16,18). The molecule has 1 heterocycles. The first-order chi connectivity index (χ1) is 9.11. The van der Waals surface area contributed by atoms with Crippen molar-refractivity contribution in [2.75, 3.05) is 30.8 Å². The number of carbonyl (C=O) groups excluding carboxylic acids is 1. The van der Waals surface area contributed by atoms with E-state index >= 15 is 0 Å². The molecule has 0 aliphatic heterocycles. The van der Waals surface area contributed by atoms with Gasteiger partial charge in [-0.1, -0.05) is 13.3 Å². The zero-order chi connectivity index (χ0) is 13.8. The van der Waals surface area contributed by atoms with Crippen LogP contribution in [0.1, 0.15) is 42.3 Å². The second kappa shape index (κ2) is 6.28. The molecular formula is C14H23N3OS. The highest BCUT2D eigenvalue weighted by Gasteiger charge is 2.21. The van der Waals surface area contributed by atoms with Gasteiger partial charge in [0.2, 0.25) is 0 Å². The van der Waals surface area contributed by atoms with Crippen molar-refractivity contribution in [3.63, 3.8) is 0 Å². The molecule has 3 N–H and O–H groups in total. The number of rotatable bonds is 6. The molecule has 0 bridgehead atoms. The molecule has 1 fully saturated rings. The third-order valence-electron chi connectivity index (χ3n) is 3.62. The normalized spacial score (nSPS) is 15.1. The van der Waals surface area contributed by atoms with Crippen molar-refractivity contribution in [2.24, 2.45) is 5.92 Å². The van der Waals surface area contributed by atoms with Crippen LogP contribution in [0.4, 0.5) is 10.7 Å². The summed E-state index contributed by atoms with van der Waals surface area (Å²) >= 11 is 1.49. The quantitative estimate of drug-likeness (QED) is 0.843. The van der Waals surface area contributed by atoms with Gasteiger partial charge >= 0.3 is 0 Å². The molecule has 106 valence electrons. The Labute approximate surface area is 119 Å². The fraction of sp³-hybridized carbons (Fsp3) is 0.643. The summed E-state index contributed by atoms with van der Waals surface area (Å²) < 4.78 is 0. The molecule has 1 saturated carbocycles. The van der Waals surface area contributed by atoms with E-state index in [1.807, 2.05) is 13.0 Å². The van der Waals surface area contributed by atoms with Gasteiger partial charge in [-0.15, -0.1) is 11.3 Å². The number of carbonyl (C=O) groups is 1. The number of hydrogen-bond donors (Lipinski definition) is 2. The molecule has 0 aromatic carbocycles. The van der Waals surface area contributed by atoms with Crippen molar-refractivity contribution < 1.29 is 4.79 Å². The summed E-state index contributed by atoms with van der Waals surface area (Å²) in [5.74, 6) is 0.762. The number of nitrogens with two attached hydrogens (primary N) is 1. The molecule has 1 aromatic heterocycles. The molecular weight excluding hydrogens is 258 g/mol. The lowest BCUT2D eigenvalue weighted by Crippen LogP contribution is -2.28. The SMILES string of the molecule is CCCNC(=O)c1sc(N(C)CC2CCC2)cc1N.